The average Bonchev–Trinajstić information content (AvgIpc) is 2.92. The van der Waals surface area contributed by atoms with Crippen molar-refractivity contribution in [2.75, 3.05) is 31.3 Å². The summed E-state index contributed by atoms with van der Waals surface area (Å²) in [5, 5.41) is 15.0. The van der Waals surface area contributed by atoms with E-state index in [9.17, 15) is 14.7 Å². The van der Waals surface area contributed by atoms with E-state index < -0.39 is 17.4 Å². The van der Waals surface area contributed by atoms with Crippen molar-refractivity contribution in [2.24, 2.45) is 0 Å². The Morgan fingerprint density at radius 3 is 2.81 bits per heavy atom. The molecule has 1 aromatic carbocycles. The van der Waals surface area contributed by atoms with Gasteiger partial charge in [-0.05, 0) is 18.4 Å². The zero-order chi connectivity index (χ0) is 15.3. The molecule has 1 saturated heterocycles. The third kappa shape index (κ3) is 4.20. The first-order chi connectivity index (χ1) is 10.0. The molecule has 1 aromatic rings. The number of hydrogen-bond acceptors (Lipinski definition) is 5. The second kappa shape index (κ2) is 6.93. The zero-order valence-electron chi connectivity index (χ0n) is 11.7. The van der Waals surface area contributed by atoms with Crippen molar-refractivity contribution in [3.05, 3.63) is 24.3 Å². The van der Waals surface area contributed by atoms with Crippen LogP contribution in [0.15, 0.2) is 29.2 Å². The number of thioether (sulfide) groups is 1. The molecule has 1 aliphatic rings. The van der Waals surface area contributed by atoms with Gasteiger partial charge in [0.05, 0.1) is 12.3 Å². The van der Waals surface area contributed by atoms with Crippen LogP contribution in [0.3, 0.4) is 0 Å². The minimum Gasteiger partial charge on any atom is -0.386 e. The van der Waals surface area contributed by atoms with E-state index in [2.05, 4.69) is 10.6 Å². The Hall–Kier alpha value is -1.57. The van der Waals surface area contributed by atoms with E-state index in [1.54, 1.807) is 12.1 Å². The number of ether oxygens (including phenoxy) is 1. The maximum Gasteiger partial charge on any atom is 0.313 e. The van der Waals surface area contributed by atoms with Crippen LogP contribution in [0, 0.1) is 0 Å². The van der Waals surface area contributed by atoms with E-state index in [-0.39, 0.29) is 13.2 Å². The molecule has 0 aromatic heterocycles. The highest BCUT2D eigenvalue weighted by atomic mass is 32.2. The number of nitrogens with one attached hydrogen (secondary N) is 2. The Morgan fingerprint density at radius 2 is 2.14 bits per heavy atom. The number of rotatable bonds is 4. The fraction of sp³-hybridized carbons (Fsp3) is 0.429. The van der Waals surface area contributed by atoms with Crippen molar-refractivity contribution < 1.29 is 19.4 Å². The third-order valence-corrected chi connectivity index (χ3v) is 4.02. The van der Waals surface area contributed by atoms with E-state index in [1.807, 2.05) is 18.4 Å². The van der Waals surface area contributed by atoms with Crippen LogP contribution in [-0.2, 0) is 14.3 Å². The van der Waals surface area contributed by atoms with E-state index in [0.717, 1.165) is 4.90 Å². The monoisotopic (exact) mass is 310 g/mol. The smallest absolute Gasteiger partial charge is 0.313 e. The fourth-order valence-electron chi connectivity index (χ4n) is 1.99. The highest BCUT2D eigenvalue weighted by Crippen LogP contribution is 2.24. The predicted molar refractivity (Wildman–Crippen MR) is 80.2 cm³/mol. The van der Waals surface area contributed by atoms with Crippen molar-refractivity contribution in [1.82, 2.24) is 5.32 Å². The summed E-state index contributed by atoms with van der Waals surface area (Å²) in [7, 11) is 0. The van der Waals surface area contributed by atoms with Gasteiger partial charge in [-0.1, -0.05) is 12.1 Å². The summed E-state index contributed by atoms with van der Waals surface area (Å²) in [4.78, 5) is 24.5. The van der Waals surface area contributed by atoms with Gasteiger partial charge in [-0.25, -0.2) is 0 Å². The molecule has 1 atom stereocenters. The number of carbonyl (C=O) groups is 2. The van der Waals surface area contributed by atoms with Crippen LogP contribution in [0.1, 0.15) is 6.42 Å². The van der Waals surface area contributed by atoms with Crippen molar-refractivity contribution in [2.45, 2.75) is 16.9 Å². The van der Waals surface area contributed by atoms with Crippen molar-refractivity contribution in [3.63, 3.8) is 0 Å². The molecule has 1 fully saturated rings. The Balaban J connectivity index is 1.89. The summed E-state index contributed by atoms with van der Waals surface area (Å²) in [6.07, 6.45) is 2.34. The Labute approximate surface area is 127 Å². The maximum atomic E-state index is 11.8. The molecule has 3 N–H and O–H groups in total. The SMILES string of the molecule is CSc1ccccc1NC(=O)C(=O)NCC1(O)CCOC1. The topological polar surface area (TPSA) is 87.7 Å². The largest absolute Gasteiger partial charge is 0.386 e. The summed E-state index contributed by atoms with van der Waals surface area (Å²) in [5.74, 6) is -1.52. The van der Waals surface area contributed by atoms with Gasteiger partial charge in [0, 0.05) is 24.5 Å². The molecule has 7 heteroatoms. The van der Waals surface area contributed by atoms with Gasteiger partial charge in [0.1, 0.15) is 5.60 Å². The van der Waals surface area contributed by atoms with Gasteiger partial charge < -0.3 is 20.5 Å². The number of aliphatic hydroxyl groups is 1. The lowest BCUT2D eigenvalue weighted by Gasteiger charge is -2.20. The molecule has 21 heavy (non-hydrogen) atoms. The Kier molecular flexibility index (Phi) is 5.22. The highest BCUT2D eigenvalue weighted by molar-refractivity contribution is 7.98. The molecule has 0 spiro atoms. The number of amides is 2. The molecular weight excluding hydrogens is 292 g/mol. The van der Waals surface area contributed by atoms with Gasteiger partial charge in [-0.15, -0.1) is 11.8 Å². The minimum atomic E-state index is -1.08. The van der Waals surface area contributed by atoms with Crippen LogP contribution in [0.4, 0.5) is 5.69 Å². The molecule has 1 heterocycles. The fourth-order valence-corrected chi connectivity index (χ4v) is 2.54. The van der Waals surface area contributed by atoms with Gasteiger partial charge in [-0.3, -0.25) is 9.59 Å². The van der Waals surface area contributed by atoms with Gasteiger partial charge in [-0.2, -0.15) is 0 Å². The molecule has 6 nitrogen and oxygen atoms in total. The van der Waals surface area contributed by atoms with E-state index in [1.165, 1.54) is 11.8 Å². The molecule has 0 radical (unpaired) electrons. The number of anilines is 1. The molecule has 0 bridgehead atoms. The number of benzene rings is 1. The lowest BCUT2D eigenvalue weighted by Crippen LogP contribution is -2.46. The van der Waals surface area contributed by atoms with Crippen LogP contribution in [0.5, 0.6) is 0 Å². The molecule has 114 valence electrons. The second-order valence-corrected chi connectivity index (χ2v) is 5.71. The molecule has 0 aliphatic carbocycles. The van der Waals surface area contributed by atoms with Crippen LogP contribution >= 0.6 is 11.8 Å². The first-order valence-electron chi connectivity index (χ1n) is 6.56. The van der Waals surface area contributed by atoms with Crippen LogP contribution in [0.25, 0.3) is 0 Å². The molecule has 1 unspecified atom stereocenters. The maximum absolute atomic E-state index is 11.8. The van der Waals surface area contributed by atoms with Gasteiger partial charge in [0.15, 0.2) is 0 Å². The van der Waals surface area contributed by atoms with Crippen molar-refractivity contribution in [1.29, 1.82) is 0 Å². The molecular formula is C14H18N2O4S. The van der Waals surface area contributed by atoms with Crippen molar-refractivity contribution in [3.8, 4) is 0 Å². The average molecular weight is 310 g/mol. The van der Waals surface area contributed by atoms with Gasteiger partial charge in [0.2, 0.25) is 0 Å². The lowest BCUT2D eigenvalue weighted by atomic mass is 10.0. The zero-order valence-corrected chi connectivity index (χ0v) is 12.5. The van der Waals surface area contributed by atoms with E-state index in [0.29, 0.717) is 18.7 Å². The number of hydrogen-bond donors (Lipinski definition) is 3. The Bertz CT molecular complexity index is 529. The third-order valence-electron chi connectivity index (χ3n) is 3.22. The van der Waals surface area contributed by atoms with E-state index >= 15 is 0 Å². The van der Waals surface area contributed by atoms with Crippen LogP contribution < -0.4 is 10.6 Å². The molecule has 0 saturated carbocycles. The summed E-state index contributed by atoms with van der Waals surface area (Å²) >= 11 is 1.48. The molecule has 2 rings (SSSR count). The predicted octanol–water partition coefficient (Wildman–Crippen LogP) is 0.615. The summed E-state index contributed by atoms with van der Waals surface area (Å²) in [5.41, 5.74) is -0.485. The minimum absolute atomic E-state index is 0.00340. The van der Waals surface area contributed by atoms with Crippen molar-refractivity contribution >= 4 is 29.3 Å². The normalized spacial score (nSPS) is 21.0. The highest BCUT2D eigenvalue weighted by Gasteiger charge is 2.33. The number of carbonyl (C=O) groups excluding carboxylic acids is 2. The molecule has 1 aliphatic heterocycles. The molecule has 2 amide bonds. The second-order valence-electron chi connectivity index (χ2n) is 4.86. The van der Waals surface area contributed by atoms with Crippen LogP contribution in [0.2, 0.25) is 0 Å². The first kappa shape index (κ1) is 15.8. The standard InChI is InChI=1S/C14H18N2O4S/c1-21-11-5-3-2-4-10(11)16-13(18)12(17)15-8-14(19)6-7-20-9-14/h2-5,19H,6-9H2,1H3,(H,15,17)(H,16,18). The Morgan fingerprint density at radius 1 is 1.38 bits per heavy atom. The first-order valence-corrected chi connectivity index (χ1v) is 7.79. The van der Waals surface area contributed by atoms with E-state index in [4.69, 9.17) is 4.74 Å². The van der Waals surface area contributed by atoms with Gasteiger partial charge in [0.25, 0.3) is 0 Å². The van der Waals surface area contributed by atoms with Crippen LogP contribution in [-0.4, -0.2) is 48.5 Å². The van der Waals surface area contributed by atoms with Gasteiger partial charge >= 0.3 is 11.8 Å². The summed E-state index contributed by atoms with van der Waals surface area (Å²) in [6.45, 7) is 0.632. The lowest BCUT2D eigenvalue weighted by molar-refractivity contribution is -0.136. The number of para-hydroxylation sites is 1. The summed E-state index contributed by atoms with van der Waals surface area (Å²) < 4.78 is 5.07. The summed E-state index contributed by atoms with van der Waals surface area (Å²) in [6, 6.07) is 7.23. The quantitative estimate of drug-likeness (QED) is 0.560.